The lowest BCUT2D eigenvalue weighted by atomic mass is 9.85. The first-order valence-electron chi connectivity index (χ1n) is 11.1. The fourth-order valence-corrected chi connectivity index (χ4v) is 6.17. The summed E-state index contributed by atoms with van der Waals surface area (Å²) in [7, 11) is 0. The van der Waals surface area contributed by atoms with Crippen LogP contribution in [-0.2, 0) is 21.3 Å². The molecule has 5 rings (SSSR count). The van der Waals surface area contributed by atoms with Gasteiger partial charge in [-0.25, -0.2) is 0 Å². The molecular formula is C30H22Br4. The third-order valence-electron chi connectivity index (χ3n) is 6.23. The average Bonchev–Trinajstić information content (AvgIpc) is 2.90. The third kappa shape index (κ3) is 4.55. The highest BCUT2D eigenvalue weighted by Gasteiger charge is 2.17. The van der Waals surface area contributed by atoms with Gasteiger partial charge in [-0.1, -0.05) is 149 Å². The molecule has 0 spiro atoms. The molecule has 0 atom stereocenters. The Kier molecular flexibility index (Phi) is 7.60. The summed E-state index contributed by atoms with van der Waals surface area (Å²) in [4.78, 5) is 0. The van der Waals surface area contributed by atoms with Crippen LogP contribution in [0.4, 0.5) is 0 Å². The van der Waals surface area contributed by atoms with Crippen LogP contribution in [-0.4, -0.2) is 0 Å². The predicted octanol–water partition coefficient (Wildman–Crippen LogP) is 10.9. The summed E-state index contributed by atoms with van der Waals surface area (Å²) in [6.45, 7) is 0. The SMILES string of the molecule is BrCc1cc(CBr)cc(-c2c3ccccc3c(-c3cc(CBr)cc(CBr)c3)c3ccccc23)c1. The Morgan fingerprint density at radius 2 is 0.647 bits per heavy atom. The van der Waals surface area contributed by atoms with E-state index in [2.05, 4.69) is 149 Å². The highest BCUT2D eigenvalue weighted by Crippen LogP contribution is 2.44. The molecule has 5 aromatic rings. The van der Waals surface area contributed by atoms with Crippen LogP contribution < -0.4 is 0 Å². The van der Waals surface area contributed by atoms with E-state index >= 15 is 0 Å². The van der Waals surface area contributed by atoms with E-state index in [1.165, 1.54) is 66.1 Å². The molecule has 34 heavy (non-hydrogen) atoms. The minimum Gasteiger partial charge on any atom is -0.0876 e. The molecule has 0 aromatic heterocycles. The molecule has 0 aliphatic heterocycles. The van der Waals surface area contributed by atoms with Gasteiger partial charge in [0.25, 0.3) is 0 Å². The van der Waals surface area contributed by atoms with Crippen LogP contribution in [0.15, 0.2) is 84.9 Å². The van der Waals surface area contributed by atoms with Crippen LogP contribution in [0.1, 0.15) is 22.3 Å². The van der Waals surface area contributed by atoms with Crippen LogP contribution in [0.2, 0.25) is 0 Å². The van der Waals surface area contributed by atoms with Gasteiger partial charge < -0.3 is 0 Å². The lowest BCUT2D eigenvalue weighted by Gasteiger charge is -2.19. The molecule has 0 radical (unpaired) electrons. The molecule has 0 aliphatic carbocycles. The van der Waals surface area contributed by atoms with Crippen molar-refractivity contribution in [3.05, 3.63) is 107 Å². The summed E-state index contributed by atoms with van der Waals surface area (Å²) in [5.74, 6) is 0. The molecule has 0 nitrogen and oxygen atoms in total. The van der Waals surface area contributed by atoms with E-state index in [1.54, 1.807) is 0 Å². The van der Waals surface area contributed by atoms with E-state index in [0.29, 0.717) is 0 Å². The minimum atomic E-state index is 0.837. The van der Waals surface area contributed by atoms with Crippen LogP contribution >= 0.6 is 63.7 Å². The maximum absolute atomic E-state index is 3.67. The van der Waals surface area contributed by atoms with Gasteiger partial charge in [0.05, 0.1) is 0 Å². The molecule has 0 saturated heterocycles. The molecule has 0 bridgehead atoms. The van der Waals surface area contributed by atoms with Crippen molar-refractivity contribution >= 4 is 85.3 Å². The Hall–Kier alpha value is -1.46. The van der Waals surface area contributed by atoms with E-state index in [0.717, 1.165) is 21.3 Å². The molecule has 0 saturated carbocycles. The van der Waals surface area contributed by atoms with E-state index in [4.69, 9.17) is 0 Å². The van der Waals surface area contributed by atoms with Crippen molar-refractivity contribution in [3.8, 4) is 22.3 Å². The highest BCUT2D eigenvalue weighted by atomic mass is 79.9. The average molecular weight is 702 g/mol. The van der Waals surface area contributed by atoms with Crippen molar-refractivity contribution < 1.29 is 0 Å². The lowest BCUT2D eigenvalue weighted by Crippen LogP contribution is -1.94. The first-order valence-corrected chi connectivity index (χ1v) is 15.6. The Balaban J connectivity index is 1.93. The van der Waals surface area contributed by atoms with Gasteiger partial charge >= 0.3 is 0 Å². The van der Waals surface area contributed by atoms with Crippen molar-refractivity contribution in [2.75, 3.05) is 0 Å². The normalized spacial score (nSPS) is 11.4. The third-order valence-corrected chi connectivity index (χ3v) is 8.82. The molecule has 170 valence electrons. The van der Waals surface area contributed by atoms with Crippen molar-refractivity contribution in [3.63, 3.8) is 0 Å². The summed E-state index contributed by atoms with van der Waals surface area (Å²) in [6.07, 6.45) is 0. The fraction of sp³-hybridized carbons (Fsp3) is 0.133. The Morgan fingerprint density at radius 3 is 0.882 bits per heavy atom. The van der Waals surface area contributed by atoms with Crippen molar-refractivity contribution in [2.45, 2.75) is 21.3 Å². The number of rotatable bonds is 6. The maximum atomic E-state index is 3.67. The van der Waals surface area contributed by atoms with Crippen LogP contribution in [0.5, 0.6) is 0 Å². The number of benzene rings is 5. The Labute approximate surface area is 234 Å². The predicted molar refractivity (Wildman–Crippen MR) is 163 cm³/mol. The number of fused-ring (bicyclic) bond motifs is 2. The fourth-order valence-electron chi connectivity index (χ4n) is 4.87. The van der Waals surface area contributed by atoms with Gasteiger partial charge in [0.1, 0.15) is 0 Å². The zero-order chi connectivity index (χ0) is 23.7. The zero-order valence-corrected chi connectivity index (χ0v) is 24.8. The molecule has 0 fully saturated rings. The number of halogens is 4. The summed E-state index contributed by atoms with van der Waals surface area (Å²) >= 11 is 14.7. The zero-order valence-electron chi connectivity index (χ0n) is 18.4. The van der Waals surface area contributed by atoms with Crippen LogP contribution in [0.3, 0.4) is 0 Å². The van der Waals surface area contributed by atoms with E-state index in [9.17, 15) is 0 Å². The molecule has 0 amide bonds. The number of hydrogen-bond donors (Lipinski definition) is 0. The van der Waals surface area contributed by atoms with Gasteiger partial charge in [-0.2, -0.15) is 0 Å². The second kappa shape index (κ2) is 10.7. The van der Waals surface area contributed by atoms with Gasteiger partial charge in [0.2, 0.25) is 0 Å². The molecular weight excluding hydrogens is 680 g/mol. The Morgan fingerprint density at radius 1 is 0.382 bits per heavy atom. The highest BCUT2D eigenvalue weighted by molar-refractivity contribution is 9.09. The topological polar surface area (TPSA) is 0 Å². The minimum absolute atomic E-state index is 0.837. The maximum Gasteiger partial charge on any atom is 0.0283 e. The smallest absolute Gasteiger partial charge is 0.0283 e. The molecule has 0 heterocycles. The quantitative estimate of drug-likeness (QED) is 0.122. The summed E-state index contributed by atoms with van der Waals surface area (Å²) in [5.41, 5.74) is 10.3. The molecule has 0 N–H and O–H groups in total. The van der Waals surface area contributed by atoms with Gasteiger partial charge in [0.15, 0.2) is 0 Å². The van der Waals surface area contributed by atoms with Crippen molar-refractivity contribution in [2.24, 2.45) is 0 Å². The second-order valence-corrected chi connectivity index (χ2v) is 10.7. The first kappa shape index (κ1) is 24.2. The van der Waals surface area contributed by atoms with Gasteiger partial charge in [0, 0.05) is 21.3 Å². The van der Waals surface area contributed by atoms with Gasteiger partial charge in [-0.3, -0.25) is 0 Å². The Bertz CT molecular complexity index is 1290. The van der Waals surface area contributed by atoms with Crippen molar-refractivity contribution in [1.82, 2.24) is 0 Å². The summed E-state index contributed by atoms with van der Waals surface area (Å²) in [6, 6.07) is 31.5. The first-order chi connectivity index (χ1) is 16.7. The van der Waals surface area contributed by atoms with E-state index in [-0.39, 0.29) is 0 Å². The summed E-state index contributed by atoms with van der Waals surface area (Å²) < 4.78 is 0. The molecule has 0 unspecified atom stereocenters. The van der Waals surface area contributed by atoms with E-state index in [1.807, 2.05) is 0 Å². The van der Waals surface area contributed by atoms with Crippen molar-refractivity contribution in [1.29, 1.82) is 0 Å². The monoisotopic (exact) mass is 698 g/mol. The largest absolute Gasteiger partial charge is 0.0876 e. The van der Waals surface area contributed by atoms with E-state index < -0.39 is 0 Å². The van der Waals surface area contributed by atoms with Gasteiger partial charge in [-0.05, 0) is 66.1 Å². The molecule has 4 heteroatoms. The van der Waals surface area contributed by atoms with Crippen LogP contribution in [0, 0.1) is 0 Å². The number of alkyl halides is 4. The van der Waals surface area contributed by atoms with Gasteiger partial charge in [-0.15, -0.1) is 0 Å². The standard InChI is InChI=1S/C30H22Br4/c31-15-19-9-20(16-32)12-23(11-19)29-25-5-1-2-6-26(25)30(28-8-4-3-7-27(28)29)24-13-21(17-33)10-22(14-24)18-34/h1-14H,15-18H2. The number of hydrogen-bond acceptors (Lipinski definition) is 0. The lowest BCUT2D eigenvalue weighted by molar-refractivity contribution is 1.35. The molecule has 0 aliphatic rings. The van der Waals surface area contributed by atoms with Crippen LogP contribution in [0.25, 0.3) is 43.8 Å². The summed E-state index contributed by atoms with van der Waals surface area (Å²) in [5, 5.41) is 8.49. The molecule has 5 aromatic carbocycles. The second-order valence-electron chi connectivity index (χ2n) is 8.45.